The topological polar surface area (TPSA) is 37.3 Å². The molecule has 0 spiro atoms. The summed E-state index contributed by atoms with van der Waals surface area (Å²) < 4.78 is 0.881. The van der Waals surface area contributed by atoms with Crippen LogP contribution in [0.5, 0.6) is 0 Å². The van der Waals surface area contributed by atoms with Gasteiger partial charge < -0.3 is 5.11 Å². The van der Waals surface area contributed by atoms with Gasteiger partial charge in [0.25, 0.3) is 0 Å². The summed E-state index contributed by atoms with van der Waals surface area (Å²) in [7, 11) is 0. The molecule has 1 unspecified atom stereocenters. The predicted molar refractivity (Wildman–Crippen MR) is 59.6 cm³/mol. The largest absolute Gasteiger partial charge is 0.481 e. The van der Waals surface area contributed by atoms with Crippen molar-refractivity contribution < 1.29 is 9.90 Å². The van der Waals surface area contributed by atoms with Crippen molar-refractivity contribution in [1.29, 1.82) is 0 Å². The Balaban J connectivity index is 3.23. The molecular weight excluding hydrogens is 244 g/mol. The Morgan fingerprint density at radius 3 is 2.71 bits per heavy atom. The van der Waals surface area contributed by atoms with Crippen LogP contribution in [0.2, 0.25) is 0 Å². The van der Waals surface area contributed by atoms with Gasteiger partial charge in [-0.3, -0.25) is 4.79 Å². The number of hydrogen-bond acceptors (Lipinski definition) is 1. The second-order valence-electron chi connectivity index (χ2n) is 3.23. The molecule has 1 rings (SSSR count). The van der Waals surface area contributed by atoms with Crippen LogP contribution in [-0.4, -0.2) is 11.1 Å². The van der Waals surface area contributed by atoms with Crippen molar-refractivity contribution in [3.05, 3.63) is 33.8 Å². The SMILES string of the molecule is CCc1cccc(Br)c1C(C)C(=O)O. The van der Waals surface area contributed by atoms with E-state index < -0.39 is 11.9 Å². The number of hydrogen-bond donors (Lipinski definition) is 1. The van der Waals surface area contributed by atoms with Gasteiger partial charge in [-0.05, 0) is 30.5 Å². The maximum absolute atomic E-state index is 10.9. The van der Waals surface area contributed by atoms with Crippen molar-refractivity contribution >= 4 is 21.9 Å². The predicted octanol–water partition coefficient (Wildman–Crippen LogP) is 3.20. The second kappa shape index (κ2) is 4.60. The molecule has 0 heterocycles. The van der Waals surface area contributed by atoms with Crippen LogP contribution in [0.25, 0.3) is 0 Å². The highest BCUT2D eigenvalue weighted by Gasteiger charge is 2.19. The summed E-state index contributed by atoms with van der Waals surface area (Å²) in [6, 6.07) is 5.79. The van der Waals surface area contributed by atoms with Gasteiger partial charge in [0, 0.05) is 4.47 Å². The molecule has 0 radical (unpaired) electrons. The summed E-state index contributed by atoms with van der Waals surface area (Å²) >= 11 is 3.39. The highest BCUT2D eigenvalue weighted by Crippen LogP contribution is 2.28. The van der Waals surface area contributed by atoms with Gasteiger partial charge in [0.15, 0.2) is 0 Å². The van der Waals surface area contributed by atoms with E-state index in [1.165, 1.54) is 0 Å². The average molecular weight is 257 g/mol. The fourth-order valence-electron chi connectivity index (χ4n) is 1.50. The molecule has 0 saturated heterocycles. The zero-order chi connectivity index (χ0) is 10.7. The quantitative estimate of drug-likeness (QED) is 0.902. The van der Waals surface area contributed by atoms with Gasteiger partial charge in [-0.2, -0.15) is 0 Å². The lowest BCUT2D eigenvalue weighted by atomic mass is 9.94. The van der Waals surface area contributed by atoms with Crippen molar-refractivity contribution in [3.8, 4) is 0 Å². The molecule has 0 bridgehead atoms. The van der Waals surface area contributed by atoms with Crippen molar-refractivity contribution in [3.63, 3.8) is 0 Å². The fraction of sp³-hybridized carbons (Fsp3) is 0.364. The summed E-state index contributed by atoms with van der Waals surface area (Å²) in [6.45, 7) is 3.74. The standard InChI is InChI=1S/C11H13BrO2/c1-3-8-5-4-6-9(12)10(8)7(2)11(13)14/h4-7H,3H2,1-2H3,(H,13,14). The molecule has 1 aromatic carbocycles. The molecule has 0 aliphatic carbocycles. The number of carbonyl (C=O) groups is 1. The molecular formula is C11H13BrO2. The first kappa shape index (κ1) is 11.2. The number of halogens is 1. The maximum Gasteiger partial charge on any atom is 0.310 e. The zero-order valence-electron chi connectivity index (χ0n) is 8.25. The second-order valence-corrected chi connectivity index (χ2v) is 4.08. The third-order valence-electron chi connectivity index (χ3n) is 2.33. The Morgan fingerprint density at radius 1 is 1.57 bits per heavy atom. The molecule has 0 saturated carbocycles. The Morgan fingerprint density at radius 2 is 2.21 bits per heavy atom. The number of aliphatic carboxylic acids is 1. The van der Waals surface area contributed by atoms with Crippen LogP contribution in [0, 0.1) is 0 Å². The lowest BCUT2D eigenvalue weighted by Crippen LogP contribution is -2.10. The summed E-state index contributed by atoms with van der Waals surface area (Å²) in [5.74, 6) is -1.24. The van der Waals surface area contributed by atoms with E-state index in [2.05, 4.69) is 15.9 Å². The summed E-state index contributed by atoms with van der Waals surface area (Å²) in [5.41, 5.74) is 1.98. The summed E-state index contributed by atoms with van der Waals surface area (Å²) in [4.78, 5) is 10.9. The molecule has 0 aromatic heterocycles. The van der Waals surface area contributed by atoms with E-state index in [-0.39, 0.29) is 0 Å². The number of rotatable bonds is 3. The van der Waals surface area contributed by atoms with Crippen molar-refractivity contribution in [1.82, 2.24) is 0 Å². The fourth-order valence-corrected chi connectivity index (χ4v) is 2.25. The van der Waals surface area contributed by atoms with E-state index in [1.54, 1.807) is 6.92 Å². The first-order valence-electron chi connectivity index (χ1n) is 4.58. The molecule has 3 heteroatoms. The van der Waals surface area contributed by atoms with Gasteiger partial charge in [0.2, 0.25) is 0 Å². The lowest BCUT2D eigenvalue weighted by Gasteiger charge is -2.13. The van der Waals surface area contributed by atoms with E-state index in [9.17, 15) is 4.79 Å². The van der Waals surface area contributed by atoms with E-state index in [1.807, 2.05) is 25.1 Å². The Hall–Kier alpha value is -0.830. The Bertz CT molecular complexity index is 347. The van der Waals surface area contributed by atoms with E-state index >= 15 is 0 Å². The number of carboxylic acids is 1. The summed E-state index contributed by atoms with van der Waals surface area (Å²) in [5, 5.41) is 8.96. The highest BCUT2D eigenvalue weighted by molar-refractivity contribution is 9.10. The average Bonchev–Trinajstić information content (AvgIpc) is 2.16. The third kappa shape index (κ3) is 2.15. The molecule has 0 amide bonds. The van der Waals surface area contributed by atoms with Gasteiger partial charge in [-0.25, -0.2) is 0 Å². The molecule has 76 valence electrons. The van der Waals surface area contributed by atoms with Gasteiger partial charge in [-0.15, -0.1) is 0 Å². The third-order valence-corrected chi connectivity index (χ3v) is 3.02. The number of benzene rings is 1. The first-order chi connectivity index (χ1) is 6.57. The van der Waals surface area contributed by atoms with Crippen LogP contribution in [0.1, 0.15) is 30.9 Å². The number of aryl methyl sites for hydroxylation is 1. The molecule has 1 atom stereocenters. The Labute approximate surface area is 92.1 Å². The van der Waals surface area contributed by atoms with Crippen molar-refractivity contribution in [2.45, 2.75) is 26.2 Å². The molecule has 0 fully saturated rings. The smallest absolute Gasteiger partial charge is 0.310 e. The van der Waals surface area contributed by atoms with Crippen molar-refractivity contribution in [2.75, 3.05) is 0 Å². The van der Waals surface area contributed by atoms with Gasteiger partial charge in [-0.1, -0.05) is 35.0 Å². The van der Waals surface area contributed by atoms with Crippen molar-refractivity contribution in [2.24, 2.45) is 0 Å². The van der Waals surface area contributed by atoms with Crippen LogP contribution in [0.4, 0.5) is 0 Å². The van der Waals surface area contributed by atoms with Gasteiger partial charge in [0.05, 0.1) is 5.92 Å². The highest BCUT2D eigenvalue weighted by atomic mass is 79.9. The van der Waals surface area contributed by atoms with Gasteiger partial charge in [0.1, 0.15) is 0 Å². The van der Waals surface area contributed by atoms with E-state index in [4.69, 9.17) is 5.11 Å². The normalized spacial score (nSPS) is 12.5. The molecule has 14 heavy (non-hydrogen) atoms. The minimum absolute atomic E-state index is 0.458. The molecule has 1 aromatic rings. The summed E-state index contributed by atoms with van der Waals surface area (Å²) in [6.07, 6.45) is 0.854. The first-order valence-corrected chi connectivity index (χ1v) is 5.37. The van der Waals surface area contributed by atoms with Crippen LogP contribution in [-0.2, 0) is 11.2 Å². The maximum atomic E-state index is 10.9. The van der Waals surface area contributed by atoms with E-state index in [0.717, 1.165) is 22.0 Å². The lowest BCUT2D eigenvalue weighted by molar-refractivity contribution is -0.138. The molecule has 0 aliphatic rings. The minimum Gasteiger partial charge on any atom is -0.481 e. The van der Waals surface area contributed by atoms with Crippen LogP contribution < -0.4 is 0 Å². The van der Waals surface area contributed by atoms with E-state index in [0.29, 0.717) is 0 Å². The van der Waals surface area contributed by atoms with Gasteiger partial charge >= 0.3 is 5.97 Å². The van der Waals surface area contributed by atoms with Crippen LogP contribution in [0.15, 0.2) is 22.7 Å². The minimum atomic E-state index is -0.786. The van der Waals surface area contributed by atoms with Crippen LogP contribution >= 0.6 is 15.9 Å². The van der Waals surface area contributed by atoms with Crippen LogP contribution in [0.3, 0.4) is 0 Å². The monoisotopic (exact) mass is 256 g/mol. The molecule has 1 N–H and O–H groups in total. The number of carboxylic acid groups (broad SMARTS) is 1. The Kier molecular flexibility index (Phi) is 3.69. The zero-order valence-corrected chi connectivity index (χ0v) is 9.84. The molecule has 0 aliphatic heterocycles. The molecule has 2 nitrogen and oxygen atoms in total.